The minimum absolute atomic E-state index is 0.156. The van der Waals surface area contributed by atoms with Gasteiger partial charge in [0.15, 0.2) is 0 Å². The number of anilines is 1. The molecule has 2 N–H and O–H groups in total. The first-order valence-electron chi connectivity index (χ1n) is 7.83. The van der Waals surface area contributed by atoms with Crippen molar-refractivity contribution in [2.45, 2.75) is 6.92 Å². The molecule has 0 unspecified atom stereocenters. The number of hydrogen-bond acceptors (Lipinski definition) is 5. The summed E-state index contributed by atoms with van der Waals surface area (Å²) in [6.07, 6.45) is 3.07. The lowest BCUT2D eigenvalue weighted by Crippen LogP contribution is -2.19. The standard InChI is InChI=1S/C19H16N4O2S/c1-13(22-23-18(24)15-6-3-9-20-12-15)14-5-2-7-16(11-14)21-19(25)17-8-4-10-26-17/h2-12H,1H3,(H,21,25)(H,23,24)/b22-13+. The molecule has 3 rings (SSSR count). The van der Waals surface area contributed by atoms with Gasteiger partial charge in [-0.2, -0.15) is 5.10 Å². The minimum atomic E-state index is -0.334. The number of rotatable bonds is 5. The quantitative estimate of drug-likeness (QED) is 0.536. The summed E-state index contributed by atoms with van der Waals surface area (Å²) in [5.74, 6) is -0.490. The van der Waals surface area contributed by atoms with E-state index in [-0.39, 0.29) is 11.8 Å². The van der Waals surface area contributed by atoms with Crippen LogP contribution in [0.2, 0.25) is 0 Å². The molecule has 0 aliphatic heterocycles. The lowest BCUT2D eigenvalue weighted by Gasteiger charge is -2.07. The average Bonchev–Trinajstić information content (AvgIpc) is 3.22. The van der Waals surface area contributed by atoms with E-state index in [0.717, 1.165) is 5.56 Å². The third-order valence-corrected chi connectivity index (χ3v) is 4.40. The van der Waals surface area contributed by atoms with Gasteiger partial charge in [0.2, 0.25) is 0 Å². The van der Waals surface area contributed by atoms with Crippen LogP contribution in [-0.4, -0.2) is 22.5 Å². The number of thiophene rings is 1. The fourth-order valence-electron chi connectivity index (χ4n) is 2.18. The highest BCUT2D eigenvalue weighted by atomic mass is 32.1. The van der Waals surface area contributed by atoms with Gasteiger partial charge in [0.05, 0.1) is 16.2 Å². The highest BCUT2D eigenvalue weighted by molar-refractivity contribution is 7.12. The number of benzene rings is 1. The van der Waals surface area contributed by atoms with E-state index in [9.17, 15) is 9.59 Å². The van der Waals surface area contributed by atoms with E-state index in [1.807, 2.05) is 23.6 Å². The zero-order valence-electron chi connectivity index (χ0n) is 14.0. The Bertz CT molecular complexity index is 937. The highest BCUT2D eigenvalue weighted by Gasteiger charge is 2.08. The Morgan fingerprint density at radius 1 is 1.04 bits per heavy atom. The van der Waals surface area contributed by atoms with Crippen LogP contribution in [0.3, 0.4) is 0 Å². The molecule has 0 saturated carbocycles. The van der Waals surface area contributed by atoms with Crippen LogP contribution in [0.15, 0.2) is 71.4 Å². The van der Waals surface area contributed by atoms with Gasteiger partial charge < -0.3 is 5.32 Å². The molecule has 6 nitrogen and oxygen atoms in total. The van der Waals surface area contributed by atoms with Gasteiger partial charge in [0.1, 0.15) is 0 Å². The lowest BCUT2D eigenvalue weighted by molar-refractivity contribution is 0.0953. The summed E-state index contributed by atoms with van der Waals surface area (Å²) >= 11 is 1.38. The van der Waals surface area contributed by atoms with Crippen LogP contribution in [0.1, 0.15) is 32.5 Å². The van der Waals surface area contributed by atoms with E-state index in [1.54, 1.807) is 43.5 Å². The largest absolute Gasteiger partial charge is 0.321 e. The van der Waals surface area contributed by atoms with Gasteiger partial charge in [0, 0.05) is 18.1 Å². The maximum absolute atomic E-state index is 12.1. The van der Waals surface area contributed by atoms with Gasteiger partial charge in [0.25, 0.3) is 11.8 Å². The number of carbonyl (C=O) groups is 2. The van der Waals surface area contributed by atoms with E-state index in [2.05, 4.69) is 20.8 Å². The van der Waals surface area contributed by atoms with E-state index < -0.39 is 0 Å². The van der Waals surface area contributed by atoms with E-state index in [0.29, 0.717) is 21.8 Å². The van der Waals surface area contributed by atoms with Crippen molar-refractivity contribution in [1.29, 1.82) is 0 Å². The number of hydrogen-bond donors (Lipinski definition) is 2. The van der Waals surface area contributed by atoms with Crippen LogP contribution in [0.25, 0.3) is 0 Å². The number of nitrogens with one attached hydrogen (secondary N) is 2. The van der Waals surface area contributed by atoms with E-state index >= 15 is 0 Å². The Labute approximate surface area is 154 Å². The van der Waals surface area contributed by atoms with Crippen molar-refractivity contribution in [1.82, 2.24) is 10.4 Å². The van der Waals surface area contributed by atoms with Gasteiger partial charge in [-0.25, -0.2) is 5.43 Å². The van der Waals surface area contributed by atoms with Gasteiger partial charge >= 0.3 is 0 Å². The molecule has 0 saturated heterocycles. The molecule has 0 aliphatic carbocycles. The van der Waals surface area contributed by atoms with Crippen LogP contribution >= 0.6 is 11.3 Å². The zero-order valence-corrected chi connectivity index (χ0v) is 14.8. The predicted molar refractivity (Wildman–Crippen MR) is 103 cm³/mol. The molecule has 3 aromatic rings. The molecular weight excluding hydrogens is 348 g/mol. The maximum atomic E-state index is 12.1. The maximum Gasteiger partial charge on any atom is 0.272 e. The molecule has 2 aromatic heterocycles. The first-order valence-corrected chi connectivity index (χ1v) is 8.71. The smallest absolute Gasteiger partial charge is 0.272 e. The van der Waals surface area contributed by atoms with Crippen LogP contribution in [0.5, 0.6) is 0 Å². The van der Waals surface area contributed by atoms with Gasteiger partial charge in [-0.05, 0) is 48.2 Å². The van der Waals surface area contributed by atoms with Crippen molar-refractivity contribution >= 4 is 34.6 Å². The number of hydrazone groups is 1. The van der Waals surface area contributed by atoms with Crippen molar-refractivity contribution < 1.29 is 9.59 Å². The van der Waals surface area contributed by atoms with E-state index in [4.69, 9.17) is 0 Å². The van der Waals surface area contributed by atoms with Crippen molar-refractivity contribution in [3.05, 3.63) is 82.3 Å². The first kappa shape index (κ1) is 17.5. The fourth-order valence-corrected chi connectivity index (χ4v) is 2.80. The normalized spacial score (nSPS) is 11.0. The third-order valence-electron chi connectivity index (χ3n) is 3.53. The highest BCUT2D eigenvalue weighted by Crippen LogP contribution is 2.15. The minimum Gasteiger partial charge on any atom is -0.321 e. The molecule has 0 atom stereocenters. The Morgan fingerprint density at radius 2 is 1.88 bits per heavy atom. The number of carbonyl (C=O) groups excluding carboxylic acids is 2. The second-order valence-electron chi connectivity index (χ2n) is 5.39. The fraction of sp³-hybridized carbons (Fsp3) is 0.0526. The molecule has 26 heavy (non-hydrogen) atoms. The van der Waals surface area contributed by atoms with Gasteiger partial charge in [-0.15, -0.1) is 11.3 Å². The summed E-state index contributed by atoms with van der Waals surface area (Å²) in [5, 5.41) is 8.82. The molecule has 7 heteroatoms. The number of amides is 2. The molecule has 0 spiro atoms. The number of aromatic nitrogens is 1. The second-order valence-corrected chi connectivity index (χ2v) is 6.34. The SMILES string of the molecule is C/C(=N\NC(=O)c1cccnc1)c1cccc(NC(=O)c2cccs2)c1. The summed E-state index contributed by atoms with van der Waals surface area (Å²) in [6, 6.07) is 14.2. The van der Waals surface area contributed by atoms with Crippen LogP contribution in [-0.2, 0) is 0 Å². The molecule has 2 heterocycles. The molecule has 1 aromatic carbocycles. The topological polar surface area (TPSA) is 83.4 Å². The third kappa shape index (κ3) is 4.40. The Morgan fingerprint density at radius 3 is 2.62 bits per heavy atom. The Hall–Kier alpha value is -3.32. The molecule has 0 aliphatic rings. The van der Waals surface area contributed by atoms with Gasteiger partial charge in [-0.1, -0.05) is 18.2 Å². The summed E-state index contributed by atoms with van der Waals surface area (Å²) in [4.78, 5) is 28.7. The lowest BCUT2D eigenvalue weighted by atomic mass is 10.1. The monoisotopic (exact) mass is 364 g/mol. The molecule has 0 fully saturated rings. The van der Waals surface area contributed by atoms with Crippen molar-refractivity contribution in [2.75, 3.05) is 5.32 Å². The van der Waals surface area contributed by atoms with Crippen LogP contribution in [0, 0.1) is 0 Å². The Balaban J connectivity index is 1.68. The summed E-state index contributed by atoms with van der Waals surface area (Å²) < 4.78 is 0. The van der Waals surface area contributed by atoms with Crippen LogP contribution < -0.4 is 10.7 Å². The molecule has 0 radical (unpaired) electrons. The van der Waals surface area contributed by atoms with Crippen molar-refractivity contribution in [3.63, 3.8) is 0 Å². The number of pyridine rings is 1. The summed E-state index contributed by atoms with van der Waals surface area (Å²) in [5.41, 5.74) is 5.01. The molecule has 130 valence electrons. The Kier molecular flexibility index (Phi) is 5.50. The predicted octanol–water partition coefficient (Wildman–Crippen LogP) is 3.55. The summed E-state index contributed by atoms with van der Waals surface area (Å²) in [6.45, 7) is 1.78. The summed E-state index contributed by atoms with van der Waals surface area (Å²) in [7, 11) is 0. The average molecular weight is 364 g/mol. The zero-order chi connectivity index (χ0) is 18.4. The second kappa shape index (κ2) is 8.17. The first-order chi connectivity index (χ1) is 12.6. The van der Waals surface area contributed by atoms with Gasteiger partial charge in [-0.3, -0.25) is 14.6 Å². The van der Waals surface area contributed by atoms with Crippen molar-refractivity contribution in [3.8, 4) is 0 Å². The van der Waals surface area contributed by atoms with Crippen LogP contribution in [0.4, 0.5) is 5.69 Å². The number of nitrogens with zero attached hydrogens (tertiary/aromatic N) is 2. The van der Waals surface area contributed by atoms with E-state index in [1.165, 1.54) is 17.5 Å². The molecular formula is C19H16N4O2S. The molecule has 0 bridgehead atoms. The van der Waals surface area contributed by atoms with Crippen molar-refractivity contribution in [2.24, 2.45) is 5.10 Å². The molecule has 2 amide bonds.